The minimum atomic E-state index is -4.43. The van der Waals surface area contributed by atoms with E-state index in [0.717, 1.165) is 12.1 Å². The lowest BCUT2D eigenvalue weighted by Gasteiger charge is -2.23. The molecule has 1 atom stereocenters. The van der Waals surface area contributed by atoms with Gasteiger partial charge in [-0.1, -0.05) is 0 Å². The van der Waals surface area contributed by atoms with E-state index in [2.05, 4.69) is 0 Å². The minimum Gasteiger partial charge on any atom is -0.492 e. The molecule has 1 aromatic carbocycles. The zero-order valence-corrected chi connectivity index (χ0v) is 8.62. The van der Waals surface area contributed by atoms with Gasteiger partial charge >= 0.3 is 12.1 Å². The molecule has 1 aliphatic rings. The molecule has 2 rings (SSSR count). The highest BCUT2D eigenvalue weighted by atomic mass is 19.4. The van der Waals surface area contributed by atoms with Crippen LogP contribution in [-0.2, 0) is 17.4 Å². The second-order valence-corrected chi connectivity index (χ2v) is 3.87. The maximum atomic E-state index is 12.5. The summed E-state index contributed by atoms with van der Waals surface area (Å²) in [6, 6.07) is 3.11. The summed E-state index contributed by atoms with van der Waals surface area (Å²) in [5.41, 5.74) is -0.496. The highest BCUT2D eigenvalue weighted by molar-refractivity contribution is 5.71. The van der Waals surface area contributed by atoms with Crippen molar-refractivity contribution in [2.24, 2.45) is 5.92 Å². The monoisotopic (exact) mass is 246 g/mol. The molecule has 1 aromatic rings. The third-order valence-corrected chi connectivity index (χ3v) is 2.64. The second-order valence-electron chi connectivity index (χ2n) is 3.87. The van der Waals surface area contributed by atoms with Crippen molar-refractivity contribution in [3.8, 4) is 5.75 Å². The molecule has 0 saturated heterocycles. The first kappa shape index (κ1) is 11.8. The lowest BCUT2D eigenvalue weighted by Crippen LogP contribution is -2.28. The van der Waals surface area contributed by atoms with Crippen LogP contribution in [0.15, 0.2) is 18.2 Å². The largest absolute Gasteiger partial charge is 0.492 e. The lowest BCUT2D eigenvalue weighted by molar-refractivity contribution is -0.143. The summed E-state index contributed by atoms with van der Waals surface area (Å²) in [4.78, 5) is 10.7. The summed E-state index contributed by atoms with van der Waals surface area (Å²) in [5, 5.41) is 8.79. The molecule has 1 N–H and O–H groups in total. The van der Waals surface area contributed by atoms with Crippen LogP contribution in [0.5, 0.6) is 5.75 Å². The third-order valence-electron chi connectivity index (χ3n) is 2.64. The van der Waals surface area contributed by atoms with E-state index < -0.39 is 23.6 Å². The number of carboxylic acid groups (broad SMARTS) is 1. The van der Waals surface area contributed by atoms with Crippen molar-refractivity contribution in [1.29, 1.82) is 0 Å². The van der Waals surface area contributed by atoms with E-state index in [4.69, 9.17) is 9.84 Å². The Balaban J connectivity index is 2.32. The molecule has 0 bridgehead atoms. The van der Waals surface area contributed by atoms with Crippen molar-refractivity contribution in [1.82, 2.24) is 0 Å². The molecule has 6 heteroatoms. The zero-order valence-electron chi connectivity index (χ0n) is 8.62. The van der Waals surface area contributed by atoms with E-state index in [1.54, 1.807) is 0 Å². The number of rotatable bonds is 1. The summed E-state index contributed by atoms with van der Waals surface area (Å²) >= 11 is 0. The van der Waals surface area contributed by atoms with E-state index in [0.29, 0.717) is 11.3 Å². The summed E-state index contributed by atoms with van der Waals surface area (Å²) in [6.07, 6.45) is -4.36. The first-order chi connectivity index (χ1) is 7.88. The van der Waals surface area contributed by atoms with Gasteiger partial charge in [0.2, 0.25) is 0 Å². The highest BCUT2D eigenvalue weighted by Gasteiger charge is 2.33. The number of alkyl halides is 3. The van der Waals surface area contributed by atoms with Crippen LogP contribution in [-0.4, -0.2) is 17.7 Å². The predicted molar refractivity (Wildman–Crippen MR) is 51.8 cm³/mol. The van der Waals surface area contributed by atoms with Crippen LogP contribution in [0.2, 0.25) is 0 Å². The van der Waals surface area contributed by atoms with E-state index in [9.17, 15) is 18.0 Å². The molecule has 0 unspecified atom stereocenters. The minimum absolute atomic E-state index is 0.00625. The van der Waals surface area contributed by atoms with E-state index >= 15 is 0 Å². The SMILES string of the molecule is O=C(O)[C@H]1COc2ccc(C(F)(F)F)cc2C1. The lowest BCUT2D eigenvalue weighted by atomic mass is 9.95. The number of fused-ring (bicyclic) bond motifs is 1. The zero-order chi connectivity index (χ0) is 12.6. The molecule has 0 spiro atoms. The fourth-order valence-corrected chi connectivity index (χ4v) is 1.73. The van der Waals surface area contributed by atoms with Gasteiger partial charge in [0.25, 0.3) is 0 Å². The molecular formula is C11H9F3O3. The molecule has 0 aliphatic carbocycles. The maximum Gasteiger partial charge on any atom is 0.416 e. The molecular weight excluding hydrogens is 237 g/mol. The quantitative estimate of drug-likeness (QED) is 0.827. The van der Waals surface area contributed by atoms with E-state index in [1.165, 1.54) is 6.07 Å². The molecule has 1 heterocycles. The molecule has 92 valence electrons. The average Bonchev–Trinajstić information content (AvgIpc) is 2.26. The fraction of sp³-hybridized carbons (Fsp3) is 0.364. The number of halogens is 3. The van der Waals surface area contributed by atoms with Gasteiger partial charge in [-0.2, -0.15) is 13.2 Å². The smallest absolute Gasteiger partial charge is 0.416 e. The van der Waals surface area contributed by atoms with Crippen LogP contribution in [0.3, 0.4) is 0 Å². The van der Waals surface area contributed by atoms with Gasteiger partial charge in [-0.3, -0.25) is 4.79 Å². The number of carbonyl (C=O) groups is 1. The van der Waals surface area contributed by atoms with Gasteiger partial charge in [-0.25, -0.2) is 0 Å². The van der Waals surface area contributed by atoms with Crippen LogP contribution in [0.4, 0.5) is 13.2 Å². The molecule has 0 saturated carbocycles. The molecule has 0 radical (unpaired) electrons. The van der Waals surface area contributed by atoms with Crippen molar-refractivity contribution < 1.29 is 27.8 Å². The number of ether oxygens (including phenoxy) is 1. The van der Waals surface area contributed by atoms with Gasteiger partial charge in [-0.15, -0.1) is 0 Å². The van der Waals surface area contributed by atoms with Gasteiger partial charge in [0.1, 0.15) is 12.4 Å². The number of carboxylic acids is 1. The van der Waals surface area contributed by atoms with Crippen molar-refractivity contribution in [3.05, 3.63) is 29.3 Å². The van der Waals surface area contributed by atoms with Gasteiger partial charge in [0.05, 0.1) is 11.5 Å². The van der Waals surface area contributed by atoms with Crippen molar-refractivity contribution in [3.63, 3.8) is 0 Å². The first-order valence-electron chi connectivity index (χ1n) is 4.93. The van der Waals surface area contributed by atoms with Crippen LogP contribution >= 0.6 is 0 Å². The Morgan fingerprint density at radius 1 is 1.41 bits per heavy atom. The van der Waals surface area contributed by atoms with Crippen LogP contribution in [0, 0.1) is 5.92 Å². The standard InChI is InChI=1S/C11H9F3O3/c12-11(13,14)8-1-2-9-6(4-8)3-7(5-17-9)10(15)16/h1-2,4,7H,3,5H2,(H,15,16)/t7-/m1/s1. The Bertz CT molecular complexity index is 454. The van der Waals surface area contributed by atoms with Gasteiger partial charge in [0, 0.05) is 0 Å². The summed E-state index contributed by atoms with van der Waals surface area (Å²) < 4.78 is 42.5. The van der Waals surface area contributed by atoms with Gasteiger partial charge in [-0.05, 0) is 30.2 Å². The number of aliphatic carboxylic acids is 1. The highest BCUT2D eigenvalue weighted by Crippen LogP contribution is 2.35. The summed E-state index contributed by atoms with van der Waals surface area (Å²) in [5.74, 6) is -1.52. The normalized spacial score (nSPS) is 19.4. The molecule has 0 aromatic heterocycles. The Hall–Kier alpha value is -1.72. The van der Waals surface area contributed by atoms with Crippen LogP contribution < -0.4 is 4.74 Å². The number of hydrogen-bond acceptors (Lipinski definition) is 2. The fourth-order valence-electron chi connectivity index (χ4n) is 1.73. The Labute approximate surface area is 94.8 Å². The van der Waals surface area contributed by atoms with Crippen LogP contribution in [0.1, 0.15) is 11.1 Å². The summed E-state index contributed by atoms with van der Waals surface area (Å²) in [7, 11) is 0. The van der Waals surface area contributed by atoms with E-state index in [-0.39, 0.29) is 13.0 Å². The Kier molecular flexibility index (Phi) is 2.73. The average molecular weight is 246 g/mol. The molecule has 1 aliphatic heterocycles. The molecule has 0 fully saturated rings. The third kappa shape index (κ3) is 2.35. The Morgan fingerprint density at radius 3 is 2.71 bits per heavy atom. The van der Waals surface area contributed by atoms with Crippen molar-refractivity contribution in [2.75, 3.05) is 6.61 Å². The first-order valence-corrected chi connectivity index (χ1v) is 4.93. The molecule has 17 heavy (non-hydrogen) atoms. The Morgan fingerprint density at radius 2 is 2.12 bits per heavy atom. The number of benzene rings is 1. The number of hydrogen-bond donors (Lipinski definition) is 1. The van der Waals surface area contributed by atoms with E-state index in [1.807, 2.05) is 0 Å². The maximum absolute atomic E-state index is 12.5. The van der Waals surface area contributed by atoms with Crippen molar-refractivity contribution in [2.45, 2.75) is 12.6 Å². The molecule has 3 nitrogen and oxygen atoms in total. The van der Waals surface area contributed by atoms with Gasteiger partial charge in [0.15, 0.2) is 0 Å². The predicted octanol–water partition coefficient (Wildman–Crippen LogP) is 2.34. The molecule has 0 amide bonds. The second kappa shape index (κ2) is 3.94. The van der Waals surface area contributed by atoms with Crippen LogP contribution in [0.25, 0.3) is 0 Å². The van der Waals surface area contributed by atoms with Crippen molar-refractivity contribution >= 4 is 5.97 Å². The topological polar surface area (TPSA) is 46.5 Å². The van der Waals surface area contributed by atoms with Gasteiger partial charge < -0.3 is 9.84 Å². The summed E-state index contributed by atoms with van der Waals surface area (Å²) in [6.45, 7) is -0.00625.